The summed E-state index contributed by atoms with van der Waals surface area (Å²) in [5.74, 6) is 1.96. The lowest BCUT2D eigenvalue weighted by molar-refractivity contribution is 0.438. The van der Waals surface area contributed by atoms with E-state index >= 15 is 0 Å². The van der Waals surface area contributed by atoms with E-state index in [4.69, 9.17) is 0 Å². The van der Waals surface area contributed by atoms with E-state index in [9.17, 15) is 0 Å². The SMILES string of the molecule is CCC1CCc2[nH]c(C)nc2C1. The molecule has 1 heterocycles. The summed E-state index contributed by atoms with van der Waals surface area (Å²) in [5, 5.41) is 0. The predicted molar refractivity (Wildman–Crippen MR) is 49.1 cm³/mol. The third kappa shape index (κ3) is 1.26. The van der Waals surface area contributed by atoms with E-state index in [1.54, 1.807) is 0 Å². The molecule has 2 rings (SSSR count). The second-order valence-corrected chi connectivity index (χ2v) is 3.76. The van der Waals surface area contributed by atoms with Crippen molar-refractivity contribution in [1.29, 1.82) is 0 Å². The molecule has 2 heteroatoms. The highest BCUT2D eigenvalue weighted by Crippen LogP contribution is 2.25. The summed E-state index contributed by atoms with van der Waals surface area (Å²) in [6, 6.07) is 0. The molecular formula is C10H16N2. The summed E-state index contributed by atoms with van der Waals surface area (Å²) in [6.45, 7) is 4.31. The van der Waals surface area contributed by atoms with E-state index in [-0.39, 0.29) is 0 Å². The maximum absolute atomic E-state index is 4.49. The summed E-state index contributed by atoms with van der Waals surface area (Å²) in [5.41, 5.74) is 2.71. The van der Waals surface area contributed by atoms with Crippen LogP contribution >= 0.6 is 0 Å². The minimum absolute atomic E-state index is 0.875. The summed E-state index contributed by atoms with van der Waals surface area (Å²) >= 11 is 0. The third-order valence-electron chi connectivity index (χ3n) is 2.84. The van der Waals surface area contributed by atoms with Gasteiger partial charge in [0.05, 0.1) is 5.69 Å². The highest BCUT2D eigenvalue weighted by molar-refractivity contribution is 5.17. The zero-order chi connectivity index (χ0) is 8.55. The van der Waals surface area contributed by atoms with Crippen LogP contribution in [-0.4, -0.2) is 9.97 Å². The fourth-order valence-electron chi connectivity index (χ4n) is 2.04. The van der Waals surface area contributed by atoms with Crippen molar-refractivity contribution in [3.63, 3.8) is 0 Å². The molecule has 0 aromatic carbocycles. The first kappa shape index (κ1) is 7.84. The number of rotatable bonds is 1. The lowest BCUT2D eigenvalue weighted by Crippen LogP contribution is -2.12. The van der Waals surface area contributed by atoms with Gasteiger partial charge < -0.3 is 4.98 Å². The van der Waals surface area contributed by atoms with Crippen LogP contribution in [0.15, 0.2) is 0 Å². The molecule has 66 valence electrons. The summed E-state index contributed by atoms with van der Waals surface area (Å²) in [6.07, 6.45) is 5.03. The number of imidazole rings is 1. The van der Waals surface area contributed by atoms with Crippen molar-refractivity contribution in [2.75, 3.05) is 0 Å². The quantitative estimate of drug-likeness (QED) is 0.677. The first-order chi connectivity index (χ1) is 5.79. The number of H-pyrrole nitrogens is 1. The number of aryl methyl sites for hydroxylation is 2. The Morgan fingerprint density at radius 2 is 2.42 bits per heavy atom. The van der Waals surface area contributed by atoms with E-state index in [0.29, 0.717) is 0 Å². The third-order valence-corrected chi connectivity index (χ3v) is 2.84. The lowest BCUT2D eigenvalue weighted by atomic mass is 9.88. The van der Waals surface area contributed by atoms with Crippen LogP contribution in [0.5, 0.6) is 0 Å². The first-order valence-corrected chi connectivity index (χ1v) is 4.84. The molecule has 1 aliphatic carbocycles. The Bertz CT molecular complexity index is 275. The molecule has 2 nitrogen and oxygen atoms in total. The van der Waals surface area contributed by atoms with Gasteiger partial charge in [-0.15, -0.1) is 0 Å². The molecule has 1 N–H and O–H groups in total. The van der Waals surface area contributed by atoms with Gasteiger partial charge in [0.15, 0.2) is 0 Å². The monoisotopic (exact) mass is 164 g/mol. The van der Waals surface area contributed by atoms with E-state index < -0.39 is 0 Å². The Balaban J connectivity index is 2.22. The molecule has 1 aromatic heterocycles. The van der Waals surface area contributed by atoms with Crippen LogP contribution in [-0.2, 0) is 12.8 Å². The van der Waals surface area contributed by atoms with Crippen LogP contribution in [0.2, 0.25) is 0 Å². The van der Waals surface area contributed by atoms with Gasteiger partial charge in [-0.2, -0.15) is 0 Å². The van der Waals surface area contributed by atoms with Crippen molar-refractivity contribution in [3.05, 3.63) is 17.2 Å². The molecule has 1 aliphatic rings. The molecule has 1 unspecified atom stereocenters. The molecule has 0 radical (unpaired) electrons. The van der Waals surface area contributed by atoms with Gasteiger partial charge in [-0.25, -0.2) is 4.98 Å². The largest absolute Gasteiger partial charge is 0.346 e. The predicted octanol–water partition coefficient (Wildman–Crippen LogP) is 2.23. The second-order valence-electron chi connectivity index (χ2n) is 3.76. The maximum atomic E-state index is 4.49. The lowest BCUT2D eigenvalue weighted by Gasteiger charge is -2.18. The molecule has 12 heavy (non-hydrogen) atoms. The molecule has 1 aromatic rings. The number of aromatic nitrogens is 2. The van der Waals surface area contributed by atoms with Crippen LogP contribution in [0, 0.1) is 12.8 Å². The van der Waals surface area contributed by atoms with Crippen LogP contribution in [0.4, 0.5) is 0 Å². The van der Waals surface area contributed by atoms with E-state index in [2.05, 4.69) is 16.9 Å². The number of nitrogens with one attached hydrogen (secondary N) is 1. The number of hydrogen-bond donors (Lipinski definition) is 1. The van der Waals surface area contributed by atoms with E-state index in [1.165, 1.54) is 37.1 Å². The molecule has 0 bridgehead atoms. The highest BCUT2D eigenvalue weighted by atomic mass is 14.9. The Morgan fingerprint density at radius 1 is 1.58 bits per heavy atom. The molecule has 0 saturated heterocycles. The Labute approximate surface area is 73.4 Å². The van der Waals surface area contributed by atoms with Crippen molar-refractivity contribution in [2.45, 2.75) is 39.5 Å². The Kier molecular flexibility index (Phi) is 1.91. The van der Waals surface area contributed by atoms with Gasteiger partial charge in [0.1, 0.15) is 5.82 Å². The Hall–Kier alpha value is -0.790. The number of fused-ring (bicyclic) bond motifs is 1. The van der Waals surface area contributed by atoms with Crippen molar-refractivity contribution in [2.24, 2.45) is 5.92 Å². The van der Waals surface area contributed by atoms with Gasteiger partial charge in [0.2, 0.25) is 0 Å². The van der Waals surface area contributed by atoms with Crippen molar-refractivity contribution >= 4 is 0 Å². The summed E-state index contributed by atoms with van der Waals surface area (Å²) < 4.78 is 0. The average Bonchev–Trinajstić information content (AvgIpc) is 2.43. The molecule has 0 fully saturated rings. The van der Waals surface area contributed by atoms with Crippen LogP contribution < -0.4 is 0 Å². The smallest absolute Gasteiger partial charge is 0.103 e. The van der Waals surface area contributed by atoms with Gasteiger partial charge in [0.25, 0.3) is 0 Å². The number of nitrogens with zero attached hydrogens (tertiary/aromatic N) is 1. The molecular weight excluding hydrogens is 148 g/mol. The summed E-state index contributed by atoms with van der Waals surface area (Å²) in [7, 11) is 0. The zero-order valence-electron chi connectivity index (χ0n) is 7.85. The van der Waals surface area contributed by atoms with Crippen molar-refractivity contribution in [3.8, 4) is 0 Å². The number of aromatic amines is 1. The zero-order valence-corrected chi connectivity index (χ0v) is 7.85. The molecule has 0 aliphatic heterocycles. The van der Waals surface area contributed by atoms with Gasteiger partial charge in [-0.1, -0.05) is 13.3 Å². The van der Waals surface area contributed by atoms with Crippen LogP contribution in [0.25, 0.3) is 0 Å². The molecule has 0 saturated carbocycles. The average molecular weight is 164 g/mol. The van der Waals surface area contributed by atoms with E-state index in [1.807, 2.05) is 6.92 Å². The van der Waals surface area contributed by atoms with E-state index in [0.717, 1.165) is 11.7 Å². The van der Waals surface area contributed by atoms with Gasteiger partial charge in [-0.3, -0.25) is 0 Å². The normalized spacial score (nSPS) is 22.3. The maximum Gasteiger partial charge on any atom is 0.103 e. The van der Waals surface area contributed by atoms with Crippen molar-refractivity contribution < 1.29 is 0 Å². The molecule has 0 spiro atoms. The van der Waals surface area contributed by atoms with Gasteiger partial charge >= 0.3 is 0 Å². The summed E-state index contributed by atoms with van der Waals surface area (Å²) in [4.78, 5) is 7.82. The van der Waals surface area contributed by atoms with Gasteiger partial charge in [0, 0.05) is 5.69 Å². The highest BCUT2D eigenvalue weighted by Gasteiger charge is 2.19. The van der Waals surface area contributed by atoms with Gasteiger partial charge in [-0.05, 0) is 32.1 Å². The second kappa shape index (κ2) is 2.92. The topological polar surface area (TPSA) is 28.7 Å². The fourth-order valence-corrected chi connectivity index (χ4v) is 2.04. The van der Waals surface area contributed by atoms with Crippen molar-refractivity contribution in [1.82, 2.24) is 9.97 Å². The minimum atomic E-state index is 0.875. The first-order valence-electron chi connectivity index (χ1n) is 4.84. The fraction of sp³-hybridized carbons (Fsp3) is 0.700. The van der Waals surface area contributed by atoms with Crippen LogP contribution in [0.3, 0.4) is 0 Å². The minimum Gasteiger partial charge on any atom is -0.346 e. The number of hydrogen-bond acceptors (Lipinski definition) is 1. The Morgan fingerprint density at radius 3 is 3.17 bits per heavy atom. The van der Waals surface area contributed by atoms with Crippen LogP contribution in [0.1, 0.15) is 37.0 Å². The standard InChI is InChI=1S/C10H16N2/c1-3-8-4-5-9-10(6-8)12-7(2)11-9/h8H,3-6H2,1-2H3,(H,11,12). The molecule has 1 atom stereocenters. The molecule has 0 amide bonds.